The third kappa shape index (κ3) is 3.87. The summed E-state index contributed by atoms with van der Waals surface area (Å²) in [6.07, 6.45) is 2.12. The lowest BCUT2D eigenvalue weighted by atomic mass is 10.1. The van der Waals surface area contributed by atoms with Crippen LogP contribution in [0.5, 0.6) is 5.75 Å². The van der Waals surface area contributed by atoms with Gasteiger partial charge in [0.1, 0.15) is 18.8 Å². The summed E-state index contributed by atoms with van der Waals surface area (Å²) in [4.78, 5) is 12.0. The van der Waals surface area contributed by atoms with Crippen molar-refractivity contribution in [3.05, 3.63) is 23.8 Å². The zero-order valence-corrected chi connectivity index (χ0v) is 11.8. The minimum absolute atomic E-state index is 0.264. The van der Waals surface area contributed by atoms with Crippen molar-refractivity contribution in [1.82, 2.24) is 0 Å². The molecule has 0 amide bonds. The van der Waals surface area contributed by atoms with Crippen LogP contribution in [0.25, 0.3) is 0 Å². The number of esters is 1. The van der Waals surface area contributed by atoms with Crippen LogP contribution in [0.15, 0.2) is 18.2 Å². The third-order valence-electron chi connectivity index (χ3n) is 3.00. The average Bonchev–Trinajstić information content (AvgIpc) is 2.50. The molecule has 1 aromatic carbocycles. The first-order valence-electron chi connectivity index (χ1n) is 7.07. The van der Waals surface area contributed by atoms with E-state index in [1.54, 1.807) is 6.07 Å². The minimum Gasteiger partial charge on any atom is -0.489 e. The molecular formula is C15H21NO4. The summed E-state index contributed by atoms with van der Waals surface area (Å²) in [5, 5.41) is 3.19. The van der Waals surface area contributed by atoms with Gasteiger partial charge >= 0.3 is 5.97 Å². The number of benzene rings is 1. The largest absolute Gasteiger partial charge is 0.489 e. The summed E-state index contributed by atoms with van der Waals surface area (Å²) < 4.78 is 16.1. The topological polar surface area (TPSA) is 56.8 Å². The molecule has 1 N–H and O–H groups in total. The fraction of sp³-hybridized carbons (Fsp3) is 0.533. The number of ether oxygens (including phenoxy) is 3. The van der Waals surface area contributed by atoms with Crippen LogP contribution in [-0.4, -0.2) is 38.9 Å². The standard InChI is InChI=1S/C15H21NO4/c1-2-3-8-18-10-11-20-15(17)12-5-4-6-13-14(12)19-9-7-16-13/h4-6,16H,2-3,7-11H2,1H3. The number of hydrogen-bond donors (Lipinski definition) is 1. The van der Waals surface area contributed by atoms with Crippen LogP contribution in [0, 0.1) is 0 Å². The number of hydrogen-bond acceptors (Lipinski definition) is 5. The summed E-state index contributed by atoms with van der Waals surface area (Å²) in [6.45, 7) is 4.81. The van der Waals surface area contributed by atoms with Gasteiger partial charge in [0.05, 0.1) is 12.3 Å². The number of anilines is 1. The first kappa shape index (κ1) is 14.7. The molecule has 0 unspecified atom stereocenters. The molecule has 0 atom stereocenters. The second-order valence-electron chi connectivity index (χ2n) is 4.56. The van der Waals surface area contributed by atoms with Gasteiger partial charge in [-0.05, 0) is 18.6 Å². The van der Waals surface area contributed by atoms with Gasteiger partial charge in [0.2, 0.25) is 0 Å². The van der Waals surface area contributed by atoms with Gasteiger partial charge in [-0.25, -0.2) is 4.79 Å². The Hall–Kier alpha value is -1.75. The maximum Gasteiger partial charge on any atom is 0.342 e. The lowest BCUT2D eigenvalue weighted by molar-refractivity contribution is 0.0310. The second-order valence-corrected chi connectivity index (χ2v) is 4.56. The molecule has 1 aliphatic heterocycles. The van der Waals surface area contributed by atoms with Crippen LogP contribution < -0.4 is 10.1 Å². The van der Waals surface area contributed by atoms with Crippen molar-refractivity contribution in [3.8, 4) is 5.75 Å². The number of para-hydroxylation sites is 1. The molecule has 2 rings (SSSR count). The Morgan fingerprint density at radius 3 is 3.10 bits per heavy atom. The van der Waals surface area contributed by atoms with Crippen molar-refractivity contribution in [2.24, 2.45) is 0 Å². The molecule has 0 fully saturated rings. The van der Waals surface area contributed by atoms with Crippen molar-refractivity contribution < 1.29 is 19.0 Å². The summed E-state index contributed by atoms with van der Waals surface area (Å²) in [5.74, 6) is 0.209. The molecule has 0 saturated carbocycles. The number of carbonyl (C=O) groups is 1. The predicted octanol–water partition coefficient (Wildman–Crippen LogP) is 2.46. The number of fused-ring (bicyclic) bond motifs is 1. The van der Waals surface area contributed by atoms with Gasteiger partial charge in [-0.2, -0.15) is 0 Å². The normalized spacial score (nSPS) is 13.1. The molecule has 0 bridgehead atoms. The second kappa shape index (κ2) is 7.75. The maximum atomic E-state index is 12.0. The maximum absolute atomic E-state index is 12.0. The SMILES string of the molecule is CCCCOCCOC(=O)c1cccc2c1OCCN2. The molecule has 0 aromatic heterocycles. The van der Waals surface area contributed by atoms with Gasteiger partial charge in [0, 0.05) is 13.2 Å². The Balaban J connectivity index is 1.83. The van der Waals surface area contributed by atoms with Crippen LogP contribution in [-0.2, 0) is 9.47 Å². The quantitative estimate of drug-likeness (QED) is 0.614. The number of nitrogens with one attached hydrogen (secondary N) is 1. The van der Waals surface area contributed by atoms with E-state index in [4.69, 9.17) is 14.2 Å². The van der Waals surface area contributed by atoms with E-state index in [9.17, 15) is 4.79 Å². The van der Waals surface area contributed by atoms with Gasteiger partial charge in [-0.3, -0.25) is 0 Å². The Morgan fingerprint density at radius 1 is 1.35 bits per heavy atom. The smallest absolute Gasteiger partial charge is 0.342 e. The lowest BCUT2D eigenvalue weighted by Gasteiger charge is -2.21. The highest BCUT2D eigenvalue weighted by Crippen LogP contribution is 2.31. The Labute approximate surface area is 119 Å². The van der Waals surface area contributed by atoms with Crippen molar-refractivity contribution in [1.29, 1.82) is 0 Å². The van der Waals surface area contributed by atoms with Gasteiger partial charge in [0.15, 0.2) is 5.75 Å². The zero-order valence-electron chi connectivity index (χ0n) is 11.8. The fourth-order valence-corrected chi connectivity index (χ4v) is 1.95. The van der Waals surface area contributed by atoms with Crippen molar-refractivity contribution in [3.63, 3.8) is 0 Å². The zero-order chi connectivity index (χ0) is 14.2. The summed E-state index contributed by atoms with van der Waals surface area (Å²) in [6, 6.07) is 5.42. The molecule has 110 valence electrons. The molecule has 0 saturated heterocycles. The highest BCUT2D eigenvalue weighted by Gasteiger charge is 2.19. The molecule has 5 heteroatoms. The van der Waals surface area contributed by atoms with E-state index in [1.807, 2.05) is 12.1 Å². The monoisotopic (exact) mass is 279 g/mol. The van der Waals surface area contributed by atoms with Gasteiger partial charge in [-0.1, -0.05) is 19.4 Å². The van der Waals surface area contributed by atoms with E-state index >= 15 is 0 Å². The summed E-state index contributed by atoms with van der Waals surface area (Å²) in [7, 11) is 0. The van der Waals surface area contributed by atoms with Gasteiger partial charge in [-0.15, -0.1) is 0 Å². The molecule has 0 aliphatic carbocycles. The molecular weight excluding hydrogens is 258 g/mol. The van der Waals surface area contributed by atoms with E-state index in [0.717, 1.165) is 25.1 Å². The molecule has 1 aliphatic rings. The Bertz CT molecular complexity index is 447. The minimum atomic E-state index is -0.371. The van der Waals surface area contributed by atoms with Crippen molar-refractivity contribution in [2.45, 2.75) is 19.8 Å². The number of rotatable bonds is 7. The van der Waals surface area contributed by atoms with E-state index < -0.39 is 0 Å². The summed E-state index contributed by atoms with van der Waals surface area (Å²) >= 11 is 0. The lowest BCUT2D eigenvalue weighted by Crippen LogP contribution is -2.21. The highest BCUT2D eigenvalue weighted by molar-refractivity contribution is 5.95. The van der Waals surface area contributed by atoms with Crippen molar-refractivity contribution >= 4 is 11.7 Å². The van der Waals surface area contributed by atoms with Gasteiger partial charge < -0.3 is 19.5 Å². The average molecular weight is 279 g/mol. The van der Waals surface area contributed by atoms with Crippen LogP contribution >= 0.6 is 0 Å². The van der Waals surface area contributed by atoms with E-state index in [0.29, 0.717) is 31.1 Å². The molecule has 1 heterocycles. The van der Waals surface area contributed by atoms with Crippen molar-refractivity contribution in [2.75, 3.05) is 38.3 Å². The van der Waals surface area contributed by atoms with Crippen LogP contribution in [0.3, 0.4) is 0 Å². The third-order valence-corrected chi connectivity index (χ3v) is 3.00. The first-order chi connectivity index (χ1) is 9.83. The predicted molar refractivity (Wildman–Crippen MR) is 76.4 cm³/mol. The summed E-state index contributed by atoms with van der Waals surface area (Å²) in [5.41, 5.74) is 1.30. The first-order valence-corrected chi connectivity index (χ1v) is 7.07. The Kier molecular flexibility index (Phi) is 5.68. The van der Waals surface area contributed by atoms with E-state index in [1.165, 1.54) is 0 Å². The van der Waals surface area contributed by atoms with Gasteiger partial charge in [0.25, 0.3) is 0 Å². The highest BCUT2D eigenvalue weighted by atomic mass is 16.6. The van der Waals surface area contributed by atoms with E-state index in [-0.39, 0.29) is 12.6 Å². The molecule has 20 heavy (non-hydrogen) atoms. The van der Waals surface area contributed by atoms with E-state index in [2.05, 4.69) is 12.2 Å². The van der Waals surface area contributed by atoms with Crippen LogP contribution in [0.2, 0.25) is 0 Å². The molecule has 0 radical (unpaired) electrons. The van der Waals surface area contributed by atoms with Crippen LogP contribution in [0.4, 0.5) is 5.69 Å². The molecule has 0 spiro atoms. The molecule has 1 aromatic rings. The number of unbranched alkanes of at least 4 members (excludes halogenated alkanes) is 1. The number of carbonyl (C=O) groups excluding carboxylic acids is 1. The fourth-order valence-electron chi connectivity index (χ4n) is 1.95. The molecule has 5 nitrogen and oxygen atoms in total. The Morgan fingerprint density at radius 2 is 2.25 bits per heavy atom. The van der Waals surface area contributed by atoms with Crippen LogP contribution in [0.1, 0.15) is 30.1 Å².